The molecule has 1 N–H and O–H groups in total. The second-order valence-corrected chi connectivity index (χ2v) is 6.15. The zero-order chi connectivity index (χ0) is 17.6. The Bertz CT molecular complexity index is 727. The number of ether oxygens (including phenoxy) is 3. The summed E-state index contributed by atoms with van der Waals surface area (Å²) in [4.78, 5) is 35.8. The van der Waals surface area contributed by atoms with E-state index in [9.17, 15) is 19.5 Å². The van der Waals surface area contributed by atoms with E-state index in [1.54, 1.807) is 13.0 Å². The van der Waals surface area contributed by atoms with Gasteiger partial charge in [-0.1, -0.05) is 0 Å². The minimum atomic E-state index is -1.81. The molecule has 0 aromatic heterocycles. The van der Waals surface area contributed by atoms with Gasteiger partial charge in [0.1, 0.15) is 0 Å². The number of aliphatic hydroxyl groups is 1. The summed E-state index contributed by atoms with van der Waals surface area (Å²) in [5.41, 5.74) is 1.36. The topological polar surface area (TPSA) is 99.1 Å². The van der Waals surface area contributed by atoms with Crippen LogP contribution in [0, 0.1) is 0 Å². The van der Waals surface area contributed by atoms with Gasteiger partial charge in [0.05, 0.1) is 11.7 Å². The van der Waals surface area contributed by atoms with Gasteiger partial charge in [0.15, 0.2) is 6.10 Å². The summed E-state index contributed by atoms with van der Waals surface area (Å²) in [5, 5.41) is 10.3. The minimum Gasteiger partial charge on any atom is -0.450 e. The second kappa shape index (κ2) is 5.59. The van der Waals surface area contributed by atoms with Crippen molar-refractivity contribution in [2.45, 2.75) is 51.6 Å². The van der Waals surface area contributed by atoms with Crippen LogP contribution >= 0.6 is 0 Å². The van der Waals surface area contributed by atoms with E-state index < -0.39 is 35.9 Å². The van der Waals surface area contributed by atoms with E-state index in [4.69, 9.17) is 14.2 Å². The molecular formula is C17H18O7. The van der Waals surface area contributed by atoms with Gasteiger partial charge in [-0.25, -0.2) is 9.59 Å². The van der Waals surface area contributed by atoms with E-state index in [1.165, 1.54) is 19.9 Å². The minimum absolute atomic E-state index is 0.214. The first-order valence-corrected chi connectivity index (χ1v) is 7.67. The highest BCUT2D eigenvalue weighted by molar-refractivity contribution is 5.96. The van der Waals surface area contributed by atoms with E-state index in [1.807, 2.05) is 0 Å². The molecular weight excluding hydrogens is 316 g/mol. The van der Waals surface area contributed by atoms with Crippen LogP contribution in [0.4, 0.5) is 0 Å². The third kappa shape index (κ3) is 2.54. The van der Waals surface area contributed by atoms with Crippen LogP contribution in [-0.4, -0.2) is 41.0 Å². The summed E-state index contributed by atoms with van der Waals surface area (Å²) < 4.78 is 16.0. The molecule has 24 heavy (non-hydrogen) atoms. The van der Waals surface area contributed by atoms with Gasteiger partial charge < -0.3 is 19.3 Å². The predicted octanol–water partition coefficient (Wildman–Crippen LogP) is 1.07. The zero-order valence-corrected chi connectivity index (χ0v) is 13.6. The van der Waals surface area contributed by atoms with Gasteiger partial charge in [0, 0.05) is 24.1 Å². The molecule has 0 saturated carbocycles. The van der Waals surface area contributed by atoms with Crippen LogP contribution in [0.3, 0.4) is 0 Å². The third-order valence-corrected chi connectivity index (χ3v) is 4.39. The van der Waals surface area contributed by atoms with Gasteiger partial charge in [-0.15, -0.1) is 0 Å². The quantitative estimate of drug-likeness (QED) is 0.565. The lowest BCUT2D eigenvalue weighted by Crippen LogP contribution is -2.40. The van der Waals surface area contributed by atoms with E-state index in [0.29, 0.717) is 24.0 Å². The van der Waals surface area contributed by atoms with Crippen LogP contribution in [0.15, 0.2) is 34.4 Å². The first-order valence-electron chi connectivity index (χ1n) is 7.67. The van der Waals surface area contributed by atoms with Crippen LogP contribution in [0.1, 0.15) is 33.6 Å². The Morgan fingerprint density at radius 3 is 2.71 bits per heavy atom. The molecule has 0 aromatic rings. The Morgan fingerprint density at radius 1 is 1.33 bits per heavy atom. The summed E-state index contributed by atoms with van der Waals surface area (Å²) in [5.74, 6) is -3.66. The lowest BCUT2D eigenvalue weighted by Gasteiger charge is -2.30. The molecule has 0 spiro atoms. The highest BCUT2D eigenvalue weighted by Gasteiger charge is 2.53. The number of carbonyl (C=O) groups excluding carboxylic acids is 3. The smallest absolute Gasteiger partial charge is 0.337 e. The van der Waals surface area contributed by atoms with Gasteiger partial charge in [-0.05, 0) is 38.3 Å². The Hall–Kier alpha value is -2.41. The van der Waals surface area contributed by atoms with E-state index in [0.717, 1.165) is 0 Å². The van der Waals surface area contributed by atoms with Crippen LogP contribution < -0.4 is 0 Å². The normalized spacial score (nSPS) is 34.7. The molecule has 128 valence electrons. The molecule has 7 heteroatoms. The molecule has 2 bridgehead atoms. The van der Waals surface area contributed by atoms with Crippen LogP contribution in [0.2, 0.25) is 0 Å². The molecule has 3 rings (SSSR count). The zero-order valence-electron chi connectivity index (χ0n) is 13.6. The first kappa shape index (κ1) is 16.4. The Kier molecular flexibility index (Phi) is 3.83. The molecule has 3 aliphatic rings. The highest BCUT2D eigenvalue weighted by Crippen LogP contribution is 2.42. The molecule has 0 amide bonds. The van der Waals surface area contributed by atoms with Gasteiger partial charge in [-0.2, -0.15) is 0 Å². The summed E-state index contributed by atoms with van der Waals surface area (Å²) in [6.45, 7) is 4.36. The monoisotopic (exact) mass is 334 g/mol. The van der Waals surface area contributed by atoms with E-state index in [-0.39, 0.29) is 11.1 Å². The number of hydrogen-bond donors (Lipinski definition) is 1. The summed E-state index contributed by atoms with van der Waals surface area (Å²) in [7, 11) is 0. The van der Waals surface area contributed by atoms with Crippen molar-refractivity contribution in [3.05, 3.63) is 34.4 Å². The third-order valence-electron chi connectivity index (χ3n) is 4.39. The van der Waals surface area contributed by atoms with Crippen molar-refractivity contribution in [2.24, 2.45) is 0 Å². The number of rotatable bonds is 1. The van der Waals surface area contributed by atoms with Crippen LogP contribution in [0.5, 0.6) is 0 Å². The van der Waals surface area contributed by atoms with E-state index in [2.05, 4.69) is 0 Å². The predicted molar refractivity (Wildman–Crippen MR) is 80.2 cm³/mol. The van der Waals surface area contributed by atoms with Crippen LogP contribution in [0.25, 0.3) is 0 Å². The molecule has 2 aliphatic heterocycles. The van der Waals surface area contributed by atoms with Crippen molar-refractivity contribution in [2.75, 3.05) is 0 Å². The fourth-order valence-electron chi connectivity index (χ4n) is 3.20. The molecule has 0 aromatic carbocycles. The molecule has 0 radical (unpaired) electrons. The largest absolute Gasteiger partial charge is 0.450 e. The van der Waals surface area contributed by atoms with Crippen molar-refractivity contribution in [3.8, 4) is 0 Å². The molecule has 1 aliphatic carbocycles. The second-order valence-electron chi connectivity index (χ2n) is 6.15. The van der Waals surface area contributed by atoms with Gasteiger partial charge >= 0.3 is 23.7 Å². The van der Waals surface area contributed by atoms with Gasteiger partial charge in [0.2, 0.25) is 0 Å². The summed E-state index contributed by atoms with van der Waals surface area (Å²) in [6.07, 6.45) is 1.93. The number of esters is 3. The van der Waals surface area contributed by atoms with Gasteiger partial charge in [-0.3, -0.25) is 4.79 Å². The lowest BCUT2D eigenvalue weighted by atomic mass is 9.91. The number of aliphatic hydroxyl groups excluding tert-OH is 1. The fraction of sp³-hybridized carbons (Fsp3) is 0.471. The average molecular weight is 334 g/mol. The molecule has 0 fully saturated rings. The van der Waals surface area contributed by atoms with Gasteiger partial charge in [0.25, 0.3) is 0 Å². The summed E-state index contributed by atoms with van der Waals surface area (Å²) in [6, 6.07) is 0. The maximum absolute atomic E-state index is 12.1. The number of carbonyl (C=O) groups is 3. The first-order chi connectivity index (χ1) is 11.2. The standard InChI is InChI=1S/C17H18O7/c1-8-7-17(23-10(3)18)14(9(2)15(20)24-17)13-6-11(16(21)22-13)4-5-12(8)19/h6-7,12-13,19H,4-5H2,1-3H3/b8-7-/t12-,13-,17+/m0/s1. The van der Waals surface area contributed by atoms with Crippen molar-refractivity contribution in [1.29, 1.82) is 0 Å². The molecule has 0 saturated heterocycles. The highest BCUT2D eigenvalue weighted by atomic mass is 16.7. The number of hydrogen-bond acceptors (Lipinski definition) is 7. The maximum Gasteiger partial charge on any atom is 0.337 e. The molecule has 0 unspecified atom stereocenters. The van der Waals surface area contributed by atoms with Crippen LogP contribution in [-0.2, 0) is 28.6 Å². The van der Waals surface area contributed by atoms with Crippen molar-refractivity contribution in [1.82, 2.24) is 0 Å². The van der Waals surface area contributed by atoms with Crippen molar-refractivity contribution >= 4 is 17.9 Å². The Balaban J connectivity index is 2.21. The lowest BCUT2D eigenvalue weighted by molar-refractivity contribution is -0.193. The van der Waals surface area contributed by atoms with Crippen molar-refractivity contribution < 1.29 is 33.7 Å². The van der Waals surface area contributed by atoms with Crippen molar-refractivity contribution in [3.63, 3.8) is 0 Å². The summed E-state index contributed by atoms with van der Waals surface area (Å²) >= 11 is 0. The Labute approximate surface area is 138 Å². The van der Waals surface area contributed by atoms with E-state index >= 15 is 0 Å². The fourth-order valence-corrected chi connectivity index (χ4v) is 3.20. The molecule has 7 nitrogen and oxygen atoms in total. The molecule has 2 heterocycles. The SMILES string of the molecule is CC(=O)O[C@@]12/C=C(/C)[C@@H](O)CCC3=C[C@H](OC3=O)C1=C(C)C(=O)O2. The Morgan fingerprint density at radius 2 is 2.04 bits per heavy atom. The molecule has 3 atom stereocenters. The number of fused-ring (bicyclic) bond motifs is 3. The maximum atomic E-state index is 12.1. The average Bonchev–Trinajstić information content (AvgIpc) is 2.93.